The highest BCUT2D eigenvalue weighted by Gasteiger charge is 2.24. The van der Waals surface area contributed by atoms with Gasteiger partial charge in [0.25, 0.3) is 0 Å². The third-order valence-corrected chi connectivity index (χ3v) is 3.10. The minimum Gasteiger partial charge on any atom is -0.453 e. The Kier molecular flexibility index (Phi) is 2.24. The zero-order valence-electron chi connectivity index (χ0n) is 9.59. The molecule has 0 spiro atoms. The van der Waals surface area contributed by atoms with Gasteiger partial charge in [0.1, 0.15) is 5.65 Å². The van der Waals surface area contributed by atoms with E-state index in [4.69, 9.17) is 4.74 Å². The molecule has 3 heterocycles. The van der Waals surface area contributed by atoms with Gasteiger partial charge in [-0.25, -0.2) is 9.78 Å². The lowest BCUT2D eigenvalue weighted by molar-refractivity contribution is 0.117. The molecule has 2 aromatic heterocycles. The zero-order valence-corrected chi connectivity index (χ0v) is 9.59. The number of hydrogen-bond donors (Lipinski definition) is 0. The number of amides is 1. The Hall–Kier alpha value is -2.04. The highest BCUT2D eigenvalue weighted by atomic mass is 16.5. The van der Waals surface area contributed by atoms with Crippen LogP contribution in [0.5, 0.6) is 0 Å². The largest absolute Gasteiger partial charge is 0.453 e. The number of nitrogens with zero attached hydrogens (tertiary/aromatic N) is 3. The highest BCUT2D eigenvalue weighted by molar-refractivity contribution is 5.68. The molecule has 3 rings (SSSR count). The molecule has 0 fully saturated rings. The fourth-order valence-electron chi connectivity index (χ4n) is 2.25. The molecule has 5 heteroatoms. The fraction of sp³-hybridized carbons (Fsp3) is 0.333. The van der Waals surface area contributed by atoms with E-state index in [1.807, 2.05) is 28.8 Å². The van der Waals surface area contributed by atoms with Crippen LogP contribution in [-0.4, -0.2) is 34.0 Å². The van der Waals surface area contributed by atoms with Gasteiger partial charge in [0.2, 0.25) is 0 Å². The van der Waals surface area contributed by atoms with Gasteiger partial charge in [-0.15, -0.1) is 0 Å². The molecule has 0 N–H and O–H groups in total. The minimum absolute atomic E-state index is 0.276. The molecule has 0 unspecified atom stereocenters. The van der Waals surface area contributed by atoms with Gasteiger partial charge in [-0.1, -0.05) is 6.07 Å². The number of methoxy groups -OCH3 is 1. The molecule has 88 valence electrons. The lowest BCUT2D eigenvalue weighted by atomic mass is 10.1. The van der Waals surface area contributed by atoms with E-state index in [-0.39, 0.29) is 6.09 Å². The van der Waals surface area contributed by atoms with Crippen molar-refractivity contribution in [1.29, 1.82) is 0 Å². The van der Waals surface area contributed by atoms with Crippen molar-refractivity contribution in [2.24, 2.45) is 0 Å². The van der Waals surface area contributed by atoms with Crippen LogP contribution in [0.4, 0.5) is 4.79 Å². The maximum atomic E-state index is 11.5. The van der Waals surface area contributed by atoms with Crippen LogP contribution < -0.4 is 0 Å². The summed E-state index contributed by atoms with van der Waals surface area (Å²) in [6.45, 7) is 1.23. The van der Waals surface area contributed by atoms with Gasteiger partial charge in [-0.05, 0) is 12.1 Å². The summed E-state index contributed by atoms with van der Waals surface area (Å²) in [5.41, 5.74) is 3.10. The number of imidazole rings is 1. The van der Waals surface area contributed by atoms with Crippen LogP contribution in [-0.2, 0) is 17.7 Å². The summed E-state index contributed by atoms with van der Waals surface area (Å²) < 4.78 is 6.78. The number of carbonyl (C=O) groups is 1. The van der Waals surface area contributed by atoms with Gasteiger partial charge in [-0.3, -0.25) is 0 Å². The Balaban J connectivity index is 2.03. The normalized spacial score (nSPS) is 14.8. The standard InChI is InChI=1S/C12H13N3O2/c1-17-12(16)14-7-5-9-10(8-14)15-6-3-2-4-11(15)13-9/h2-4,6H,5,7-8H2,1H3. The van der Waals surface area contributed by atoms with E-state index in [1.165, 1.54) is 7.11 Å². The van der Waals surface area contributed by atoms with Crippen LogP contribution in [0.25, 0.3) is 5.65 Å². The van der Waals surface area contributed by atoms with Crippen LogP contribution in [0.3, 0.4) is 0 Å². The Bertz CT molecular complexity index is 576. The van der Waals surface area contributed by atoms with Crippen LogP contribution in [0.15, 0.2) is 24.4 Å². The minimum atomic E-state index is -0.276. The van der Waals surface area contributed by atoms with Crippen molar-refractivity contribution in [3.63, 3.8) is 0 Å². The second-order valence-electron chi connectivity index (χ2n) is 4.08. The molecule has 0 saturated carbocycles. The van der Waals surface area contributed by atoms with Crippen molar-refractivity contribution in [2.45, 2.75) is 13.0 Å². The molecule has 2 aromatic rings. The Morgan fingerprint density at radius 3 is 3.18 bits per heavy atom. The summed E-state index contributed by atoms with van der Waals surface area (Å²) in [7, 11) is 1.41. The van der Waals surface area contributed by atoms with E-state index in [2.05, 4.69) is 4.98 Å². The third-order valence-electron chi connectivity index (χ3n) is 3.10. The van der Waals surface area contributed by atoms with Crippen LogP contribution in [0, 0.1) is 0 Å². The molecule has 0 radical (unpaired) electrons. The lowest BCUT2D eigenvalue weighted by Crippen LogP contribution is -2.36. The number of rotatable bonds is 0. The van der Waals surface area contributed by atoms with E-state index in [1.54, 1.807) is 4.90 Å². The first-order valence-electron chi connectivity index (χ1n) is 5.57. The molecular formula is C12H13N3O2. The molecule has 5 nitrogen and oxygen atoms in total. The van der Waals surface area contributed by atoms with Crippen molar-refractivity contribution in [3.05, 3.63) is 35.8 Å². The zero-order chi connectivity index (χ0) is 11.8. The smallest absolute Gasteiger partial charge is 0.409 e. The number of ether oxygens (including phenoxy) is 1. The Morgan fingerprint density at radius 2 is 2.35 bits per heavy atom. The summed E-state index contributed by atoms with van der Waals surface area (Å²) in [4.78, 5) is 17.8. The molecule has 17 heavy (non-hydrogen) atoms. The first-order chi connectivity index (χ1) is 8.29. The number of aromatic nitrogens is 2. The van der Waals surface area contributed by atoms with E-state index in [0.29, 0.717) is 13.1 Å². The van der Waals surface area contributed by atoms with Crippen molar-refractivity contribution in [1.82, 2.24) is 14.3 Å². The molecule has 0 aromatic carbocycles. The van der Waals surface area contributed by atoms with Crippen LogP contribution in [0.1, 0.15) is 11.4 Å². The first-order valence-corrected chi connectivity index (χ1v) is 5.57. The number of fused-ring (bicyclic) bond motifs is 3. The maximum Gasteiger partial charge on any atom is 0.409 e. The summed E-state index contributed by atoms with van der Waals surface area (Å²) in [6, 6.07) is 5.90. The molecule has 0 atom stereocenters. The predicted octanol–water partition coefficient (Wildman–Crippen LogP) is 1.46. The average Bonchev–Trinajstić information content (AvgIpc) is 2.75. The maximum absolute atomic E-state index is 11.5. The van der Waals surface area contributed by atoms with Gasteiger partial charge in [0, 0.05) is 19.2 Å². The SMILES string of the molecule is COC(=O)N1CCc2nc3ccccn3c2C1. The molecule has 1 amide bonds. The van der Waals surface area contributed by atoms with E-state index in [0.717, 1.165) is 23.5 Å². The van der Waals surface area contributed by atoms with E-state index in [9.17, 15) is 4.79 Å². The molecule has 0 bridgehead atoms. The topological polar surface area (TPSA) is 46.8 Å². The lowest BCUT2D eigenvalue weighted by Gasteiger charge is -2.25. The second kappa shape index (κ2) is 3.76. The van der Waals surface area contributed by atoms with Crippen LogP contribution in [0.2, 0.25) is 0 Å². The van der Waals surface area contributed by atoms with Crippen molar-refractivity contribution in [2.75, 3.05) is 13.7 Å². The van der Waals surface area contributed by atoms with Gasteiger partial charge < -0.3 is 14.0 Å². The summed E-state index contributed by atoms with van der Waals surface area (Å²) in [5, 5.41) is 0. The Morgan fingerprint density at radius 1 is 1.47 bits per heavy atom. The second-order valence-corrected chi connectivity index (χ2v) is 4.08. The van der Waals surface area contributed by atoms with Crippen molar-refractivity contribution < 1.29 is 9.53 Å². The van der Waals surface area contributed by atoms with E-state index >= 15 is 0 Å². The van der Waals surface area contributed by atoms with Crippen molar-refractivity contribution in [3.8, 4) is 0 Å². The summed E-state index contributed by atoms with van der Waals surface area (Å²) in [6.07, 6.45) is 2.48. The van der Waals surface area contributed by atoms with Crippen LogP contribution >= 0.6 is 0 Å². The van der Waals surface area contributed by atoms with Gasteiger partial charge in [-0.2, -0.15) is 0 Å². The summed E-state index contributed by atoms with van der Waals surface area (Å²) in [5.74, 6) is 0. The molecule has 0 saturated heterocycles. The van der Waals surface area contributed by atoms with Gasteiger partial charge >= 0.3 is 6.09 Å². The van der Waals surface area contributed by atoms with Gasteiger partial charge in [0.05, 0.1) is 25.0 Å². The summed E-state index contributed by atoms with van der Waals surface area (Å²) >= 11 is 0. The number of carbonyl (C=O) groups excluding carboxylic acids is 1. The average molecular weight is 231 g/mol. The monoisotopic (exact) mass is 231 g/mol. The molecule has 1 aliphatic heterocycles. The van der Waals surface area contributed by atoms with Gasteiger partial charge in [0.15, 0.2) is 0 Å². The first kappa shape index (κ1) is 10.1. The van der Waals surface area contributed by atoms with Crippen molar-refractivity contribution >= 4 is 11.7 Å². The van der Waals surface area contributed by atoms with E-state index < -0.39 is 0 Å². The molecule has 0 aliphatic carbocycles. The Labute approximate surface area is 98.6 Å². The third kappa shape index (κ3) is 1.54. The predicted molar refractivity (Wildman–Crippen MR) is 61.7 cm³/mol. The fourth-order valence-corrected chi connectivity index (χ4v) is 2.25. The number of pyridine rings is 1. The number of hydrogen-bond acceptors (Lipinski definition) is 3. The molecule has 1 aliphatic rings. The highest BCUT2D eigenvalue weighted by Crippen LogP contribution is 2.20. The molecular weight excluding hydrogens is 218 g/mol. The quantitative estimate of drug-likeness (QED) is 0.689.